The molecule has 1 aromatic carbocycles. The molecule has 1 unspecified atom stereocenters. The van der Waals surface area contributed by atoms with Crippen LogP contribution in [-0.2, 0) is 13.1 Å². The molecule has 134 valence electrons. The number of amides is 1. The number of hydrogen-bond acceptors (Lipinski definition) is 5. The maximum atomic E-state index is 13.2. The fourth-order valence-corrected chi connectivity index (χ4v) is 4.95. The lowest BCUT2D eigenvalue weighted by atomic mass is 10.2. The summed E-state index contributed by atoms with van der Waals surface area (Å²) in [6, 6.07) is 14.6. The van der Waals surface area contributed by atoms with E-state index in [-0.39, 0.29) is 5.91 Å². The minimum atomic E-state index is 0.0818. The van der Waals surface area contributed by atoms with Crippen LogP contribution >= 0.6 is 22.7 Å². The largest absolute Gasteiger partial charge is 0.327 e. The Morgan fingerprint density at radius 1 is 1.19 bits per heavy atom. The van der Waals surface area contributed by atoms with Gasteiger partial charge in [-0.15, -0.1) is 22.7 Å². The Kier molecular flexibility index (Phi) is 5.43. The van der Waals surface area contributed by atoms with Gasteiger partial charge in [0.05, 0.1) is 11.4 Å². The van der Waals surface area contributed by atoms with Crippen molar-refractivity contribution in [2.24, 2.45) is 0 Å². The summed E-state index contributed by atoms with van der Waals surface area (Å²) in [7, 11) is 0. The number of benzene rings is 1. The molecule has 1 aliphatic rings. The number of aromatic nitrogens is 1. The lowest BCUT2D eigenvalue weighted by Crippen LogP contribution is -2.29. The standard InChI is InChI=1S/C20H21N3OS2/c24-20(18-9-8-17(26-18)16-7-4-10-21-16)23(14-19-22-11-12-25-19)13-15-5-2-1-3-6-15/h1-3,5-6,8-9,11-12,16,21H,4,7,10,13-14H2. The van der Waals surface area contributed by atoms with Crippen molar-refractivity contribution in [1.29, 1.82) is 0 Å². The van der Waals surface area contributed by atoms with Crippen LogP contribution in [0.15, 0.2) is 54.0 Å². The van der Waals surface area contributed by atoms with Gasteiger partial charge in [-0.25, -0.2) is 4.98 Å². The normalized spacial score (nSPS) is 16.7. The van der Waals surface area contributed by atoms with Crippen LogP contribution in [0.1, 0.15) is 44.0 Å². The summed E-state index contributed by atoms with van der Waals surface area (Å²) in [5.41, 5.74) is 1.13. The van der Waals surface area contributed by atoms with Crippen molar-refractivity contribution >= 4 is 28.6 Å². The molecule has 0 aliphatic carbocycles. The van der Waals surface area contributed by atoms with Crippen LogP contribution in [0.4, 0.5) is 0 Å². The zero-order valence-corrected chi connectivity index (χ0v) is 16.1. The summed E-state index contributed by atoms with van der Waals surface area (Å²) < 4.78 is 0. The molecule has 4 rings (SSSR count). The Morgan fingerprint density at radius 3 is 2.81 bits per heavy atom. The smallest absolute Gasteiger partial charge is 0.264 e. The lowest BCUT2D eigenvalue weighted by molar-refractivity contribution is 0.0735. The molecule has 2 aromatic heterocycles. The highest BCUT2D eigenvalue weighted by Crippen LogP contribution is 2.30. The Balaban J connectivity index is 1.54. The first-order chi connectivity index (χ1) is 12.8. The second kappa shape index (κ2) is 8.12. The number of carbonyl (C=O) groups is 1. The molecule has 1 aliphatic heterocycles. The van der Waals surface area contributed by atoms with Crippen molar-refractivity contribution in [3.05, 3.63) is 74.4 Å². The van der Waals surface area contributed by atoms with E-state index in [9.17, 15) is 4.79 Å². The van der Waals surface area contributed by atoms with E-state index < -0.39 is 0 Å². The minimum absolute atomic E-state index is 0.0818. The molecule has 0 bridgehead atoms. The van der Waals surface area contributed by atoms with Gasteiger partial charge < -0.3 is 10.2 Å². The van der Waals surface area contributed by atoms with E-state index in [1.165, 1.54) is 11.3 Å². The molecule has 1 atom stereocenters. The first-order valence-electron chi connectivity index (χ1n) is 8.84. The molecule has 6 heteroatoms. The third-order valence-electron chi connectivity index (χ3n) is 4.55. The topological polar surface area (TPSA) is 45.2 Å². The van der Waals surface area contributed by atoms with E-state index in [1.807, 2.05) is 34.5 Å². The van der Waals surface area contributed by atoms with E-state index in [0.29, 0.717) is 19.1 Å². The van der Waals surface area contributed by atoms with Crippen molar-refractivity contribution < 1.29 is 4.79 Å². The molecule has 3 aromatic rings. The fraction of sp³-hybridized carbons (Fsp3) is 0.300. The van der Waals surface area contributed by atoms with Crippen LogP contribution in [-0.4, -0.2) is 22.3 Å². The van der Waals surface area contributed by atoms with Crippen LogP contribution in [0.3, 0.4) is 0 Å². The zero-order valence-electron chi connectivity index (χ0n) is 14.4. The second-order valence-corrected chi connectivity index (χ2v) is 8.52. The summed E-state index contributed by atoms with van der Waals surface area (Å²) in [4.78, 5) is 21.5. The predicted molar refractivity (Wildman–Crippen MR) is 106 cm³/mol. The fourth-order valence-electron chi connectivity index (χ4n) is 3.24. The second-order valence-electron chi connectivity index (χ2n) is 6.42. The Hall–Kier alpha value is -2.02. The van der Waals surface area contributed by atoms with Crippen molar-refractivity contribution in [2.75, 3.05) is 6.54 Å². The molecule has 0 spiro atoms. The van der Waals surface area contributed by atoms with E-state index in [1.54, 1.807) is 28.9 Å². The third kappa shape index (κ3) is 4.03. The first-order valence-corrected chi connectivity index (χ1v) is 10.5. The van der Waals surface area contributed by atoms with Gasteiger partial charge in [-0.1, -0.05) is 30.3 Å². The van der Waals surface area contributed by atoms with Gasteiger partial charge in [-0.05, 0) is 37.1 Å². The van der Waals surface area contributed by atoms with Gasteiger partial charge in [0.2, 0.25) is 0 Å². The predicted octanol–water partition coefficient (Wildman–Crippen LogP) is 4.47. The van der Waals surface area contributed by atoms with Crippen LogP contribution in [0.5, 0.6) is 0 Å². The highest BCUT2D eigenvalue weighted by atomic mass is 32.1. The van der Waals surface area contributed by atoms with Crippen molar-refractivity contribution in [1.82, 2.24) is 15.2 Å². The summed E-state index contributed by atoms with van der Waals surface area (Å²) >= 11 is 3.21. The molecule has 1 fully saturated rings. The number of thiazole rings is 1. The number of nitrogens with one attached hydrogen (secondary N) is 1. The Morgan fingerprint density at radius 2 is 2.08 bits per heavy atom. The first kappa shape index (κ1) is 17.4. The number of thiophene rings is 1. The van der Waals surface area contributed by atoms with E-state index in [2.05, 4.69) is 28.5 Å². The molecule has 4 nitrogen and oxygen atoms in total. The lowest BCUT2D eigenvalue weighted by Gasteiger charge is -2.21. The van der Waals surface area contributed by atoms with Gasteiger partial charge in [0.25, 0.3) is 5.91 Å². The monoisotopic (exact) mass is 383 g/mol. The number of nitrogens with zero attached hydrogens (tertiary/aromatic N) is 2. The minimum Gasteiger partial charge on any atom is -0.327 e. The van der Waals surface area contributed by atoms with Gasteiger partial charge in [0.15, 0.2) is 0 Å². The van der Waals surface area contributed by atoms with Crippen LogP contribution in [0.2, 0.25) is 0 Å². The average Bonchev–Trinajstić information content (AvgIpc) is 3.42. The zero-order chi connectivity index (χ0) is 17.8. The number of carbonyl (C=O) groups excluding carboxylic acids is 1. The van der Waals surface area contributed by atoms with Crippen molar-refractivity contribution in [3.63, 3.8) is 0 Å². The summed E-state index contributed by atoms with van der Waals surface area (Å²) in [6.07, 6.45) is 4.15. The van der Waals surface area contributed by atoms with Gasteiger partial charge in [0.1, 0.15) is 5.01 Å². The van der Waals surface area contributed by atoms with E-state index >= 15 is 0 Å². The summed E-state index contributed by atoms with van der Waals surface area (Å²) in [5, 5.41) is 6.42. The Bertz CT molecular complexity index is 839. The molecular weight excluding hydrogens is 362 g/mol. The highest BCUT2D eigenvalue weighted by molar-refractivity contribution is 7.14. The number of hydrogen-bond donors (Lipinski definition) is 1. The van der Waals surface area contributed by atoms with Crippen LogP contribution in [0, 0.1) is 0 Å². The maximum absolute atomic E-state index is 13.2. The van der Waals surface area contributed by atoms with Crippen LogP contribution < -0.4 is 5.32 Å². The highest BCUT2D eigenvalue weighted by Gasteiger charge is 2.23. The molecule has 3 heterocycles. The van der Waals surface area contributed by atoms with Gasteiger partial charge in [0, 0.05) is 29.0 Å². The molecule has 26 heavy (non-hydrogen) atoms. The van der Waals surface area contributed by atoms with E-state index in [4.69, 9.17) is 0 Å². The molecule has 1 amide bonds. The van der Waals surface area contributed by atoms with Gasteiger partial charge in [-0.3, -0.25) is 4.79 Å². The van der Waals surface area contributed by atoms with Crippen molar-refractivity contribution in [2.45, 2.75) is 32.0 Å². The Labute approximate surface area is 161 Å². The SMILES string of the molecule is O=C(c1ccc(C2CCCN2)s1)N(Cc1ccccc1)Cc1nccs1. The van der Waals surface area contributed by atoms with Gasteiger partial charge >= 0.3 is 0 Å². The van der Waals surface area contributed by atoms with Crippen LogP contribution in [0.25, 0.3) is 0 Å². The third-order valence-corrected chi connectivity index (χ3v) is 6.51. The molecule has 0 radical (unpaired) electrons. The molecule has 1 saturated heterocycles. The quantitative estimate of drug-likeness (QED) is 0.683. The summed E-state index contributed by atoms with van der Waals surface area (Å²) in [6.45, 7) is 2.20. The van der Waals surface area contributed by atoms with Gasteiger partial charge in [-0.2, -0.15) is 0 Å². The molecule has 1 N–H and O–H groups in total. The molecule has 0 saturated carbocycles. The summed E-state index contributed by atoms with van der Waals surface area (Å²) in [5.74, 6) is 0.0818. The van der Waals surface area contributed by atoms with Crippen molar-refractivity contribution in [3.8, 4) is 0 Å². The molecular formula is C20H21N3OS2. The van der Waals surface area contributed by atoms with E-state index in [0.717, 1.165) is 28.4 Å². The maximum Gasteiger partial charge on any atom is 0.264 e. The number of rotatable bonds is 6. The average molecular weight is 384 g/mol.